The second-order valence-corrected chi connectivity index (χ2v) is 6.68. The van der Waals surface area contributed by atoms with E-state index in [9.17, 15) is 9.59 Å². The number of hydrogen-bond donors (Lipinski definition) is 0. The van der Waals surface area contributed by atoms with Gasteiger partial charge in [0.1, 0.15) is 5.76 Å². The summed E-state index contributed by atoms with van der Waals surface area (Å²) in [5.41, 5.74) is 4.08. The molecule has 2 aromatic carbocycles. The maximum atomic E-state index is 12.8. The molecule has 2 atom stereocenters. The van der Waals surface area contributed by atoms with Crippen molar-refractivity contribution in [3.63, 3.8) is 0 Å². The molecular weight excluding hydrogens is 328 g/mol. The summed E-state index contributed by atoms with van der Waals surface area (Å²) < 4.78 is 10.7. The summed E-state index contributed by atoms with van der Waals surface area (Å²) in [5.74, 6) is -1.79. The quantitative estimate of drug-likeness (QED) is 0.611. The van der Waals surface area contributed by atoms with Gasteiger partial charge in [0.15, 0.2) is 5.92 Å². The highest BCUT2D eigenvalue weighted by atomic mass is 16.6. The van der Waals surface area contributed by atoms with Gasteiger partial charge in [-0.1, -0.05) is 54.6 Å². The van der Waals surface area contributed by atoms with Gasteiger partial charge in [0.2, 0.25) is 0 Å². The summed E-state index contributed by atoms with van der Waals surface area (Å²) in [7, 11) is 1.31. The third-order valence-corrected chi connectivity index (χ3v) is 5.23. The van der Waals surface area contributed by atoms with Crippen LogP contribution in [0.15, 0.2) is 60.2 Å². The van der Waals surface area contributed by atoms with E-state index in [4.69, 9.17) is 9.47 Å². The second kappa shape index (κ2) is 6.79. The summed E-state index contributed by atoms with van der Waals surface area (Å²) in [4.78, 5) is 25.2. The van der Waals surface area contributed by atoms with E-state index in [1.54, 1.807) is 0 Å². The Morgan fingerprint density at radius 3 is 2.54 bits per heavy atom. The average Bonchev–Trinajstić information content (AvgIpc) is 2.86. The van der Waals surface area contributed by atoms with Gasteiger partial charge in [-0.3, -0.25) is 9.59 Å². The maximum absolute atomic E-state index is 12.8. The van der Waals surface area contributed by atoms with Crippen molar-refractivity contribution in [1.29, 1.82) is 0 Å². The summed E-state index contributed by atoms with van der Waals surface area (Å²) in [5, 5.41) is 0. The van der Waals surface area contributed by atoms with E-state index in [1.165, 1.54) is 12.7 Å². The number of carbonyl (C=O) groups excluding carboxylic acids is 2. The van der Waals surface area contributed by atoms with E-state index in [0.29, 0.717) is 5.76 Å². The van der Waals surface area contributed by atoms with Crippen LogP contribution in [0.2, 0.25) is 0 Å². The standard InChI is InChI=1S/C22H20O4/c1-25-21(23)19-18(15-9-3-2-4-10-15)17-13-7-11-14-8-5-6-12-16(14)20(17)26-22(19)24/h2-6,8-10,12,18-19H,7,11,13H2,1H3/t18-,19-/m0/s1. The molecule has 1 aliphatic heterocycles. The van der Waals surface area contributed by atoms with Crippen LogP contribution in [0.1, 0.15) is 35.4 Å². The van der Waals surface area contributed by atoms with Crippen molar-refractivity contribution in [2.75, 3.05) is 7.11 Å². The molecule has 0 fully saturated rings. The maximum Gasteiger partial charge on any atom is 0.326 e. The van der Waals surface area contributed by atoms with Crippen LogP contribution < -0.4 is 0 Å². The first-order chi connectivity index (χ1) is 12.7. The summed E-state index contributed by atoms with van der Waals surface area (Å²) in [6.07, 6.45) is 2.65. The van der Waals surface area contributed by atoms with E-state index in [0.717, 1.165) is 36.0 Å². The number of methoxy groups -OCH3 is 1. The van der Waals surface area contributed by atoms with E-state index < -0.39 is 17.9 Å². The molecule has 4 nitrogen and oxygen atoms in total. The lowest BCUT2D eigenvalue weighted by molar-refractivity contribution is -0.158. The van der Waals surface area contributed by atoms with E-state index in [2.05, 4.69) is 6.07 Å². The topological polar surface area (TPSA) is 52.6 Å². The number of carbonyl (C=O) groups is 2. The smallest absolute Gasteiger partial charge is 0.326 e. The monoisotopic (exact) mass is 348 g/mol. The molecule has 0 spiro atoms. The van der Waals surface area contributed by atoms with Crippen molar-refractivity contribution in [3.8, 4) is 0 Å². The predicted molar refractivity (Wildman–Crippen MR) is 97.1 cm³/mol. The molecule has 0 bridgehead atoms. The number of hydrogen-bond acceptors (Lipinski definition) is 4. The second-order valence-electron chi connectivity index (χ2n) is 6.68. The Morgan fingerprint density at radius 1 is 1.04 bits per heavy atom. The van der Waals surface area contributed by atoms with E-state index in [-0.39, 0.29) is 5.92 Å². The Morgan fingerprint density at radius 2 is 1.77 bits per heavy atom. The van der Waals surface area contributed by atoms with Crippen LogP contribution in [0.4, 0.5) is 0 Å². The number of aryl methyl sites for hydroxylation is 1. The highest BCUT2D eigenvalue weighted by Crippen LogP contribution is 2.46. The molecule has 0 aromatic heterocycles. The molecule has 26 heavy (non-hydrogen) atoms. The summed E-state index contributed by atoms with van der Waals surface area (Å²) in [6.45, 7) is 0. The zero-order chi connectivity index (χ0) is 18.1. The molecule has 0 saturated carbocycles. The fourth-order valence-corrected chi connectivity index (χ4v) is 4.05. The molecule has 0 saturated heterocycles. The molecule has 0 unspecified atom stereocenters. The van der Waals surface area contributed by atoms with Gasteiger partial charge in [-0.05, 0) is 36.0 Å². The fourth-order valence-electron chi connectivity index (χ4n) is 4.05. The minimum atomic E-state index is -0.966. The van der Waals surface area contributed by atoms with Crippen molar-refractivity contribution in [1.82, 2.24) is 0 Å². The van der Waals surface area contributed by atoms with Gasteiger partial charge < -0.3 is 9.47 Å². The Hall–Kier alpha value is -2.88. The fraction of sp³-hybridized carbons (Fsp3) is 0.273. The minimum Gasteiger partial charge on any atom is -0.468 e. The Labute approximate surface area is 152 Å². The molecule has 0 amide bonds. The molecular formula is C22H20O4. The normalized spacial score (nSPS) is 22.0. The number of allylic oxidation sites excluding steroid dienone is 1. The molecule has 4 rings (SSSR count). The molecule has 132 valence electrons. The third-order valence-electron chi connectivity index (χ3n) is 5.23. The van der Waals surface area contributed by atoms with Gasteiger partial charge in [0, 0.05) is 11.5 Å². The van der Waals surface area contributed by atoms with E-state index in [1.807, 2.05) is 48.5 Å². The molecule has 0 N–H and O–H groups in total. The molecule has 2 aliphatic rings. The number of ether oxygens (including phenoxy) is 2. The Bertz CT molecular complexity index is 882. The molecule has 2 aromatic rings. The number of esters is 2. The van der Waals surface area contributed by atoms with Crippen LogP contribution in [-0.2, 0) is 25.5 Å². The number of fused-ring (bicyclic) bond motifs is 2. The van der Waals surface area contributed by atoms with Gasteiger partial charge in [-0.2, -0.15) is 0 Å². The lowest BCUT2D eigenvalue weighted by Crippen LogP contribution is -2.37. The highest BCUT2D eigenvalue weighted by molar-refractivity contribution is 6.01. The van der Waals surface area contributed by atoms with Crippen molar-refractivity contribution >= 4 is 17.7 Å². The highest BCUT2D eigenvalue weighted by Gasteiger charge is 2.46. The minimum absolute atomic E-state index is 0.356. The van der Waals surface area contributed by atoms with Crippen molar-refractivity contribution in [2.24, 2.45) is 5.92 Å². The zero-order valence-corrected chi connectivity index (χ0v) is 14.6. The number of rotatable bonds is 2. The van der Waals surface area contributed by atoms with Crippen molar-refractivity contribution in [2.45, 2.75) is 25.2 Å². The SMILES string of the molecule is COC(=O)[C@H]1C(=O)OC2=C(CCCc3ccccc32)[C@@H]1c1ccccc1. The van der Waals surface area contributed by atoms with E-state index >= 15 is 0 Å². The summed E-state index contributed by atoms with van der Waals surface area (Å²) >= 11 is 0. The van der Waals surface area contributed by atoms with Crippen LogP contribution in [0.3, 0.4) is 0 Å². The third kappa shape index (κ3) is 2.71. The average molecular weight is 348 g/mol. The molecule has 1 heterocycles. The molecule has 4 heteroatoms. The van der Waals surface area contributed by atoms with Crippen molar-refractivity contribution < 1.29 is 19.1 Å². The van der Waals surface area contributed by atoms with Gasteiger partial charge in [-0.25, -0.2) is 0 Å². The lowest BCUT2D eigenvalue weighted by Gasteiger charge is -2.32. The number of benzene rings is 2. The van der Waals surface area contributed by atoms with Crippen LogP contribution in [-0.4, -0.2) is 19.0 Å². The first-order valence-electron chi connectivity index (χ1n) is 8.86. The first kappa shape index (κ1) is 16.6. The van der Waals surface area contributed by atoms with Gasteiger partial charge in [-0.15, -0.1) is 0 Å². The van der Waals surface area contributed by atoms with Gasteiger partial charge in [0.05, 0.1) is 7.11 Å². The zero-order valence-electron chi connectivity index (χ0n) is 14.6. The first-order valence-corrected chi connectivity index (χ1v) is 8.86. The predicted octanol–water partition coefficient (Wildman–Crippen LogP) is 3.86. The van der Waals surface area contributed by atoms with Gasteiger partial charge >= 0.3 is 11.9 Å². The Balaban J connectivity index is 1.93. The van der Waals surface area contributed by atoms with Gasteiger partial charge in [0.25, 0.3) is 0 Å². The molecule has 1 aliphatic carbocycles. The molecule has 0 radical (unpaired) electrons. The van der Waals surface area contributed by atoms with Crippen LogP contribution >= 0.6 is 0 Å². The van der Waals surface area contributed by atoms with Crippen LogP contribution in [0.25, 0.3) is 5.76 Å². The van der Waals surface area contributed by atoms with Crippen LogP contribution in [0.5, 0.6) is 0 Å². The van der Waals surface area contributed by atoms with Crippen molar-refractivity contribution in [3.05, 3.63) is 76.9 Å². The summed E-state index contributed by atoms with van der Waals surface area (Å²) in [6, 6.07) is 17.7. The largest absolute Gasteiger partial charge is 0.468 e. The van der Waals surface area contributed by atoms with Crippen LogP contribution in [0, 0.1) is 5.92 Å². The Kier molecular flexibility index (Phi) is 4.33. The lowest BCUT2D eigenvalue weighted by atomic mass is 9.76.